The largest absolute Gasteiger partial charge is 0.218 e. The van der Waals surface area contributed by atoms with E-state index in [1.807, 2.05) is 26.2 Å². The van der Waals surface area contributed by atoms with E-state index in [1.165, 1.54) is 5.56 Å². The van der Waals surface area contributed by atoms with Crippen molar-refractivity contribution in [3.63, 3.8) is 0 Å². The topological polar surface area (TPSA) is 14.1 Å². The molecule has 1 heterocycles. The average molecular weight is 166 g/mol. The lowest BCUT2D eigenvalue weighted by Crippen LogP contribution is -2.12. The lowest BCUT2D eigenvalue weighted by atomic mass is 9.88. The molecular formula is C11H20N+. The van der Waals surface area contributed by atoms with Gasteiger partial charge in [0, 0.05) is 12.1 Å². The van der Waals surface area contributed by atoms with Crippen LogP contribution in [0.25, 0.3) is 0 Å². The average Bonchev–Trinajstić information content (AvgIpc) is 2.08. The van der Waals surface area contributed by atoms with Crippen molar-refractivity contribution >= 4 is 0 Å². The quantitative estimate of drug-likeness (QED) is 0.562. The summed E-state index contributed by atoms with van der Waals surface area (Å²) in [7, 11) is 0. The summed E-state index contributed by atoms with van der Waals surface area (Å²) in [6.07, 6.45) is 3.92. The van der Waals surface area contributed by atoms with E-state index in [4.69, 9.17) is 0 Å². The molecule has 0 radical (unpaired) electrons. The summed E-state index contributed by atoms with van der Waals surface area (Å²) in [6, 6.07) is 4.22. The molecule has 0 spiro atoms. The van der Waals surface area contributed by atoms with Crippen LogP contribution in [0.2, 0.25) is 0 Å². The molecule has 0 saturated heterocycles. The van der Waals surface area contributed by atoms with Gasteiger partial charge in [-0.3, -0.25) is 0 Å². The van der Waals surface area contributed by atoms with Gasteiger partial charge in [0.2, 0.25) is 0 Å². The molecule has 0 atom stereocenters. The summed E-state index contributed by atoms with van der Waals surface area (Å²) in [5, 5.41) is 0. The molecule has 0 aromatic carbocycles. The van der Waals surface area contributed by atoms with E-state index in [0.29, 0.717) is 0 Å². The Kier molecular flexibility index (Phi) is 4.57. The maximum Gasteiger partial charge on any atom is 0.167 e. The van der Waals surface area contributed by atoms with E-state index in [9.17, 15) is 0 Å². The first-order chi connectivity index (χ1) is 5.61. The molecule has 1 rings (SSSR count). The SMILES string of the molecule is CC.CC(C)(C)c1cc[nH+]cc1. The molecular weight excluding hydrogens is 146 g/mol. The third-order valence-corrected chi connectivity index (χ3v) is 1.58. The first-order valence-corrected chi connectivity index (χ1v) is 4.57. The fraction of sp³-hybridized carbons (Fsp3) is 0.545. The van der Waals surface area contributed by atoms with Gasteiger partial charge in [-0.15, -0.1) is 0 Å². The molecule has 0 amide bonds. The maximum absolute atomic E-state index is 3.00. The molecule has 0 aliphatic heterocycles. The minimum absolute atomic E-state index is 0.273. The Morgan fingerprint density at radius 2 is 1.42 bits per heavy atom. The molecule has 0 aliphatic rings. The van der Waals surface area contributed by atoms with E-state index < -0.39 is 0 Å². The van der Waals surface area contributed by atoms with Crippen LogP contribution in [0, 0.1) is 0 Å². The van der Waals surface area contributed by atoms with Gasteiger partial charge in [-0.1, -0.05) is 34.6 Å². The van der Waals surface area contributed by atoms with Crippen LogP contribution in [0.15, 0.2) is 24.5 Å². The second-order valence-electron chi connectivity index (χ2n) is 3.54. The highest BCUT2D eigenvalue weighted by Crippen LogP contribution is 2.19. The highest BCUT2D eigenvalue weighted by molar-refractivity contribution is 5.17. The Labute approximate surface area is 75.8 Å². The number of hydrogen-bond acceptors (Lipinski definition) is 0. The summed E-state index contributed by atoms with van der Waals surface area (Å²) < 4.78 is 0. The molecule has 0 unspecified atom stereocenters. The van der Waals surface area contributed by atoms with Gasteiger partial charge in [0.05, 0.1) is 0 Å². The number of pyridine rings is 1. The zero-order valence-corrected chi connectivity index (χ0v) is 8.81. The number of aromatic nitrogens is 1. The molecule has 1 nitrogen and oxygen atoms in total. The monoisotopic (exact) mass is 166 g/mol. The molecule has 12 heavy (non-hydrogen) atoms. The Bertz CT molecular complexity index is 196. The Hall–Kier alpha value is -0.850. The van der Waals surface area contributed by atoms with Gasteiger partial charge >= 0.3 is 0 Å². The van der Waals surface area contributed by atoms with Crippen LogP contribution in [0.3, 0.4) is 0 Å². The van der Waals surface area contributed by atoms with Gasteiger partial charge in [-0.25, -0.2) is 4.98 Å². The molecule has 68 valence electrons. The van der Waals surface area contributed by atoms with Crippen molar-refractivity contribution in [3.8, 4) is 0 Å². The van der Waals surface area contributed by atoms with E-state index in [-0.39, 0.29) is 5.41 Å². The van der Waals surface area contributed by atoms with Crippen LogP contribution < -0.4 is 4.98 Å². The van der Waals surface area contributed by atoms with Crippen molar-refractivity contribution in [3.05, 3.63) is 30.1 Å². The van der Waals surface area contributed by atoms with Crippen molar-refractivity contribution in [1.82, 2.24) is 0 Å². The zero-order chi connectivity index (χ0) is 9.61. The van der Waals surface area contributed by atoms with Gasteiger partial charge in [0.1, 0.15) is 0 Å². The summed E-state index contributed by atoms with van der Waals surface area (Å²) >= 11 is 0. The normalized spacial score (nSPS) is 10.1. The van der Waals surface area contributed by atoms with E-state index >= 15 is 0 Å². The third-order valence-electron chi connectivity index (χ3n) is 1.58. The van der Waals surface area contributed by atoms with Crippen LogP contribution in [-0.4, -0.2) is 0 Å². The van der Waals surface area contributed by atoms with Crippen LogP contribution in [0.1, 0.15) is 40.2 Å². The zero-order valence-electron chi connectivity index (χ0n) is 8.81. The van der Waals surface area contributed by atoms with Gasteiger partial charge in [0.15, 0.2) is 12.4 Å². The van der Waals surface area contributed by atoms with Crippen LogP contribution in [0.5, 0.6) is 0 Å². The predicted molar refractivity (Wildman–Crippen MR) is 53.0 cm³/mol. The van der Waals surface area contributed by atoms with E-state index in [2.05, 4.69) is 37.9 Å². The van der Waals surface area contributed by atoms with Crippen molar-refractivity contribution in [2.45, 2.75) is 40.0 Å². The number of nitrogens with one attached hydrogen (secondary N) is 1. The Morgan fingerprint density at radius 1 is 1.00 bits per heavy atom. The minimum atomic E-state index is 0.273. The van der Waals surface area contributed by atoms with Crippen molar-refractivity contribution in [2.24, 2.45) is 0 Å². The summed E-state index contributed by atoms with van der Waals surface area (Å²) in [5.74, 6) is 0. The van der Waals surface area contributed by atoms with Crippen LogP contribution >= 0.6 is 0 Å². The lowest BCUT2D eigenvalue weighted by molar-refractivity contribution is -0.378. The number of rotatable bonds is 0. The highest BCUT2D eigenvalue weighted by Gasteiger charge is 2.12. The first-order valence-electron chi connectivity index (χ1n) is 4.57. The number of H-pyrrole nitrogens is 1. The number of hydrogen-bond donors (Lipinski definition) is 0. The Balaban J connectivity index is 0.000000561. The second-order valence-corrected chi connectivity index (χ2v) is 3.54. The van der Waals surface area contributed by atoms with E-state index in [0.717, 1.165) is 0 Å². The fourth-order valence-electron chi connectivity index (χ4n) is 0.887. The van der Waals surface area contributed by atoms with Gasteiger partial charge < -0.3 is 0 Å². The molecule has 1 heteroatoms. The second kappa shape index (κ2) is 4.91. The number of aromatic amines is 1. The molecule has 0 saturated carbocycles. The molecule has 1 aromatic rings. The van der Waals surface area contributed by atoms with Gasteiger partial charge in [-0.2, -0.15) is 0 Å². The molecule has 0 bridgehead atoms. The molecule has 1 aromatic heterocycles. The fourth-order valence-corrected chi connectivity index (χ4v) is 0.887. The molecule has 0 fully saturated rings. The summed E-state index contributed by atoms with van der Waals surface area (Å²) in [6.45, 7) is 10.6. The Morgan fingerprint density at radius 3 is 1.67 bits per heavy atom. The van der Waals surface area contributed by atoms with Gasteiger partial charge in [0.25, 0.3) is 0 Å². The molecule has 1 N–H and O–H groups in total. The van der Waals surface area contributed by atoms with Crippen LogP contribution in [-0.2, 0) is 5.41 Å². The van der Waals surface area contributed by atoms with Crippen molar-refractivity contribution < 1.29 is 4.98 Å². The van der Waals surface area contributed by atoms with Crippen molar-refractivity contribution in [2.75, 3.05) is 0 Å². The highest BCUT2D eigenvalue weighted by atomic mass is 14.6. The predicted octanol–water partition coefficient (Wildman–Crippen LogP) is 2.82. The lowest BCUT2D eigenvalue weighted by Gasteiger charge is -2.16. The van der Waals surface area contributed by atoms with Crippen molar-refractivity contribution in [1.29, 1.82) is 0 Å². The smallest absolute Gasteiger partial charge is 0.167 e. The third kappa shape index (κ3) is 3.51. The standard InChI is InChI=1S/C9H13N.C2H6/c1-9(2,3)8-4-6-10-7-5-8;1-2/h4-7H,1-3H3;1-2H3/p+1. The molecule has 0 aliphatic carbocycles. The summed E-state index contributed by atoms with van der Waals surface area (Å²) in [5.41, 5.74) is 1.64. The minimum Gasteiger partial charge on any atom is -0.218 e. The van der Waals surface area contributed by atoms with Crippen LogP contribution in [0.4, 0.5) is 0 Å². The van der Waals surface area contributed by atoms with Gasteiger partial charge in [-0.05, 0) is 11.0 Å². The van der Waals surface area contributed by atoms with E-state index in [1.54, 1.807) is 0 Å². The summed E-state index contributed by atoms with van der Waals surface area (Å²) in [4.78, 5) is 3.00. The first kappa shape index (κ1) is 11.2. The maximum atomic E-state index is 3.00.